The summed E-state index contributed by atoms with van der Waals surface area (Å²) in [6, 6.07) is 7.10. The molecule has 1 aromatic carbocycles. The number of benzene rings is 1. The summed E-state index contributed by atoms with van der Waals surface area (Å²) in [4.78, 5) is 11.3. The van der Waals surface area contributed by atoms with Gasteiger partial charge in [-0.25, -0.2) is 0 Å². The number of hydrogen-bond donors (Lipinski definition) is 3. The Morgan fingerprint density at radius 3 is 2.44 bits per heavy atom. The molecule has 0 aromatic heterocycles. The van der Waals surface area contributed by atoms with Gasteiger partial charge in [-0.15, -0.1) is 0 Å². The minimum Gasteiger partial charge on any atom is -0.396 e. The molecule has 1 amide bonds. The lowest BCUT2D eigenvalue weighted by molar-refractivity contribution is 0.0963. The van der Waals surface area contributed by atoms with Crippen LogP contribution in [0.1, 0.15) is 29.3 Å². The summed E-state index contributed by atoms with van der Waals surface area (Å²) in [6.07, 6.45) is 0.492. The van der Waals surface area contributed by atoms with E-state index in [-0.39, 0.29) is 12.5 Å². The zero-order valence-electron chi connectivity index (χ0n) is 9.66. The average molecular weight is 222 g/mol. The third-order valence-electron chi connectivity index (χ3n) is 2.66. The van der Waals surface area contributed by atoms with Gasteiger partial charge < -0.3 is 16.2 Å². The van der Waals surface area contributed by atoms with Crippen LogP contribution in [0, 0.1) is 0 Å². The predicted molar refractivity (Wildman–Crippen MR) is 63.1 cm³/mol. The monoisotopic (exact) mass is 222 g/mol. The van der Waals surface area contributed by atoms with Crippen molar-refractivity contribution in [1.29, 1.82) is 0 Å². The maximum absolute atomic E-state index is 11.3. The van der Waals surface area contributed by atoms with Crippen molar-refractivity contribution in [3.8, 4) is 0 Å². The number of amides is 1. The molecule has 16 heavy (non-hydrogen) atoms. The Morgan fingerprint density at radius 1 is 1.44 bits per heavy atom. The first-order valence-corrected chi connectivity index (χ1v) is 5.23. The summed E-state index contributed by atoms with van der Waals surface area (Å²) in [5.74, 6) is -0.118. The van der Waals surface area contributed by atoms with Gasteiger partial charge >= 0.3 is 0 Å². The van der Waals surface area contributed by atoms with Gasteiger partial charge in [0.25, 0.3) is 5.91 Å². The molecule has 0 spiro atoms. The molecule has 0 saturated heterocycles. The van der Waals surface area contributed by atoms with Gasteiger partial charge in [0.2, 0.25) is 0 Å². The maximum Gasteiger partial charge on any atom is 0.251 e. The fourth-order valence-corrected chi connectivity index (χ4v) is 1.52. The standard InChI is InChI=1S/C12H18N2O2/c1-12(13,7-8-15)10-5-3-9(4-6-10)11(16)14-2/h3-6,15H,7-8,13H2,1-2H3,(H,14,16). The van der Waals surface area contributed by atoms with E-state index in [4.69, 9.17) is 10.8 Å². The summed E-state index contributed by atoms with van der Waals surface area (Å²) in [5.41, 5.74) is 7.00. The van der Waals surface area contributed by atoms with Gasteiger partial charge in [0.1, 0.15) is 0 Å². The lowest BCUT2D eigenvalue weighted by atomic mass is 9.89. The molecule has 88 valence electrons. The van der Waals surface area contributed by atoms with E-state index in [0.717, 1.165) is 5.56 Å². The van der Waals surface area contributed by atoms with E-state index in [0.29, 0.717) is 12.0 Å². The van der Waals surface area contributed by atoms with Crippen molar-refractivity contribution >= 4 is 5.91 Å². The summed E-state index contributed by atoms with van der Waals surface area (Å²) in [5, 5.41) is 11.5. The van der Waals surface area contributed by atoms with Gasteiger partial charge in [-0.3, -0.25) is 4.79 Å². The highest BCUT2D eigenvalue weighted by Gasteiger charge is 2.20. The molecule has 0 heterocycles. The molecule has 0 radical (unpaired) electrons. The van der Waals surface area contributed by atoms with Gasteiger partial charge in [0.05, 0.1) is 0 Å². The molecule has 0 fully saturated rings. The first kappa shape index (κ1) is 12.7. The molecule has 0 saturated carbocycles. The van der Waals surface area contributed by atoms with Crippen LogP contribution in [-0.2, 0) is 5.54 Å². The second kappa shape index (κ2) is 5.09. The van der Waals surface area contributed by atoms with Crippen LogP contribution in [0.3, 0.4) is 0 Å². The molecule has 0 aliphatic rings. The first-order valence-electron chi connectivity index (χ1n) is 5.23. The summed E-state index contributed by atoms with van der Waals surface area (Å²) in [7, 11) is 1.59. The molecule has 0 bridgehead atoms. The van der Waals surface area contributed by atoms with E-state index in [1.165, 1.54) is 0 Å². The van der Waals surface area contributed by atoms with Crippen molar-refractivity contribution in [3.63, 3.8) is 0 Å². The normalized spacial score (nSPS) is 14.2. The highest BCUT2D eigenvalue weighted by Crippen LogP contribution is 2.21. The van der Waals surface area contributed by atoms with Crippen molar-refractivity contribution < 1.29 is 9.90 Å². The largest absolute Gasteiger partial charge is 0.396 e. The van der Waals surface area contributed by atoms with Crippen LogP contribution in [0.25, 0.3) is 0 Å². The van der Waals surface area contributed by atoms with Crippen LogP contribution in [-0.4, -0.2) is 24.7 Å². The minimum absolute atomic E-state index is 0.0458. The third-order valence-corrected chi connectivity index (χ3v) is 2.66. The van der Waals surface area contributed by atoms with Crippen molar-refractivity contribution in [2.45, 2.75) is 18.9 Å². The second-order valence-electron chi connectivity index (χ2n) is 4.05. The van der Waals surface area contributed by atoms with Crippen molar-refractivity contribution in [2.75, 3.05) is 13.7 Å². The molecule has 0 aliphatic carbocycles. The zero-order valence-corrected chi connectivity index (χ0v) is 9.66. The van der Waals surface area contributed by atoms with E-state index in [1.54, 1.807) is 19.2 Å². The van der Waals surface area contributed by atoms with Gasteiger partial charge in [-0.1, -0.05) is 12.1 Å². The molecule has 1 atom stereocenters. The highest BCUT2D eigenvalue weighted by atomic mass is 16.3. The Hall–Kier alpha value is -1.39. The fraction of sp³-hybridized carbons (Fsp3) is 0.417. The Kier molecular flexibility index (Phi) is 4.04. The van der Waals surface area contributed by atoms with Crippen molar-refractivity contribution in [3.05, 3.63) is 35.4 Å². The van der Waals surface area contributed by atoms with E-state index in [2.05, 4.69) is 5.32 Å². The Labute approximate surface area is 95.5 Å². The number of hydrogen-bond acceptors (Lipinski definition) is 3. The third kappa shape index (κ3) is 2.81. The number of nitrogens with one attached hydrogen (secondary N) is 1. The SMILES string of the molecule is CNC(=O)c1ccc(C(C)(N)CCO)cc1. The summed E-state index contributed by atoms with van der Waals surface area (Å²) >= 11 is 0. The molecule has 0 aliphatic heterocycles. The van der Waals surface area contributed by atoms with E-state index in [1.807, 2.05) is 19.1 Å². The Bertz CT molecular complexity index is 358. The highest BCUT2D eigenvalue weighted by molar-refractivity contribution is 5.93. The minimum atomic E-state index is -0.560. The Balaban J connectivity index is 2.90. The Morgan fingerprint density at radius 2 is 2.00 bits per heavy atom. The number of aliphatic hydroxyl groups excluding tert-OH is 1. The van der Waals surface area contributed by atoms with Crippen LogP contribution in [0.5, 0.6) is 0 Å². The van der Waals surface area contributed by atoms with Gasteiger partial charge in [0.15, 0.2) is 0 Å². The lowest BCUT2D eigenvalue weighted by Crippen LogP contribution is -2.34. The van der Waals surface area contributed by atoms with E-state index < -0.39 is 5.54 Å². The topological polar surface area (TPSA) is 75.4 Å². The number of carbonyl (C=O) groups is 1. The maximum atomic E-state index is 11.3. The summed E-state index contributed by atoms with van der Waals surface area (Å²) in [6.45, 7) is 1.91. The van der Waals surface area contributed by atoms with Crippen LogP contribution >= 0.6 is 0 Å². The zero-order chi connectivity index (χ0) is 12.2. The average Bonchev–Trinajstić information content (AvgIpc) is 2.28. The van der Waals surface area contributed by atoms with Crippen LogP contribution in [0.4, 0.5) is 0 Å². The summed E-state index contributed by atoms with van der Waals surface area (Å²) < 4.78 is 0. The van der Waals surface area contributed by atoms with Crippen molar-refractivity contribution in [1.82, 2.24) is 5.32 Å². The predicted octanol–water partition coefficient (Wildman–Crippen LogP) is 0.602. The van der Waals surface area contributed by atoms with Crippen LogP contribution < -0.4 is 11.1 Å². The van der Waals surface area contributed by atoms with Gasteiger partial charge in [-0.2, -0.15) is 0 Å². The molecular formula is C12H18N2O2. The molecule has 1 unspecified atom stereocenters. The van der Waals surface area contributed by atoms with Crippen molar-refractivity contribution in [2.24, 2.45) is 5.73 Å². The van der Waals surface area contributed by atoms with Crippen LogP contribution in [0.15, 0.2) is 24.3 Å². The number of aliphatic hydroxyl groups is 1. The smallest absolute Gasteiger partial charge is 0.251 e. The number of nitrogens with two attached hydrogens (primary N) is 1. The molecule has 1 rings (SSSR count). The fourth-order valence-electron chi connectivity index (χ4n) is 1.52. The molecule has 4 heteroatoms. The quantitative estimate of drug-likeness (QED) is 0.698. The first-order chi connectivity index (χ1) is 7.51. The van der Waals surface area contributed by atoms with Crippen LogP contribution in [0.2, 0.25) is 0 Å². The van der Waals surface area contributed by atoms with Gasteiger partial charge in [0, 0.05) is 24.8 Å². The molecule has 4 N–H and O–H groups in total. The van der Waals surface area contributed by atoms with Gasteiger partial charge in [-0.05, 0) is 31.0 Å². The molecule has 1 aromatic rings. The lowest BCUT2D eigenvalue weighted by Gasteiger charge is -2.24. The van der Waals surface area contributed by atoms with E-state index >= 15 is 0 Å². The molecule has 4 nitrogen and oxygen atoms in total. The number of rotatable bonds is 4. The number of carbonyl (C=O) groups excluding carboxylic acids is 1. The second-order valence-corrected chi connectivity index (χ2v) is 4.05. The van der Waals surface area contributed by atoms with E-state index in [9.17, 15) is 4.79 Å². The molecular weight excluding hydrogens is 204 g/mol.